The molecule has 0 unspecified atom stereocenters. The van der Waals surface area contributed by atoms with Gasteiger partial charge in [-0.05, 0) is 50.6 Å². The molecule has 0 radical (unpaired) electrons. The highest BCUT2D eigenvalue weighted by atomic mass is 35.5. The fraction of sp³-hybridized carbons (Fsp3) is 0.409. The normalized spacial score (nSPS) is 18.6. The van der Waals surface area contributed by atoms with E-state index in [-0.39, 0.29) is 24.4 Å². The smallest absolute Gasteiger partial charge is 0.252 e. The minimum absolute atomic E-state index is 0.0175. The van der Waals surface area contributed by atoms with Crippen molar-refractivity contribution in [3.63, 3.8) is 0 Å². The Morgan fingerprint density at radius 1 is 1.10 bits per heavy atom. The Bertz CT molecular complexity index is 921. The van der Waals surface area contributed by atoms with Crippen LogP contribution in [-0.2, 0) is 16.1 Å². The Morgan fingerprint density at radius 3 is 2.38 bits per heavy atom. The lowest BCUT2D eigenvalue weighted by molar-refractivity contribution is -0.170. The van der Waals surface area contributed by atoms with Crippen LogP contribution in [0.3, 0.4) is 0 Å². The van der Waals surface area contributed by atoms with Gasteiger partial charge in [-0.25, -0.2) is 0 Å². The minimum Gasteiger partial charge on any atom is -0.364 e. The molecule has 4 rings (SSSR count). The summed E-state index contributed by atoms with van der Waals surface area (Å²) in [7, 11) is 0. The minimum atomic E-state index is -0.843. The Balaban J connectivity index is 1.63. The second-order valence-corrected chi connectivity index (χ2v) is 8.62. The van der Waals surface area contributed by atoms with E-state index in [9.17, 15) is 9.59 Å². The van der Waals surface area contributed by atoms with Gasteiger partial charge >= 0.3 is 0 Å². The van der Waals surface area contributed by atoms with E-state index < -0.39 is 5.54 Å². The van der Waals surface area contributed by atoms with Gasteiger partial charge in [0.25, 0.3) is 5.91 Å². The number of anilines is 1. The van der Waals surface area contributed by atoms with Crippen LogP contribution in [0.4, 0.5) is 5.69 Å². The lowest BCUT2D eigenvalue weighted by atomic mass is 9.82. The predicted octanol–water partition coefficient (Wildman–Crippen LogP) is 2.88. The maximum Gasteiger partial charge on any atom is 0.252 e. The largest absolute Gasteiger partial charge is 0.364 e. The maximum absolute atomic E-state index is 13.5. The summed E-state index contributed by atoms with van der Waals surface area (Å²) in [6.07, 6.45) is 1.82. The summed E-state index contributed by atoms with van der Waals surface area (Å²) in [5, 5.41) is 0.650. The topological polar surface area (TPSA) is 56.8 Å². The number of rotatable bonds is 4. The molecule has 1 aromatic heterocycles. The van der Waals surface area contributed by atoms with Crippen molar-refractivity contribution in [2.24, 2.45) is 0 Å². The molecule has 3 heterocycles. The van der Waals surface area contributed by atoms with Crippen LogP contribution in [0.25, 0.3) is 0 Å². The average molecular weight is 413 g/mol. The first-order chi connectivity index (χ1) is 13.8. The van der Waals surface area contributed by atoms with Crippen LogP contribution < -0.4 is 4.90 Å². The third-order valence-electron chi connectivity index (χ3n) is 5.83. The molecule has 6 nitrogen and oxygen atoms in total. The van der Waals surface area contributed by atoms with Crippen molar-refractivity contribution in [3.8, 4) is 0 Å². The van der Waals surface area contributed by atoms with Crippen molar-refractivity contribution in [3.05, 3.63) is 58.9 Å². The number of aryl methyl sites for hydroxylation is 1. The van der Waals surface area contributed by atoms with Gasteiger partial charge in [0.1, 0.15) is 6.54 Å². The van der Waals surface area contributed by atoms with Gasteiger partial charge in [0, 0.05) is 23.3 Å². The quantitative estimate of drug-likeness (QED) is 0.774. The summed E-state index contributed by atoms with van der Waals surface area (Å²) in [6, 6.07) is 11.4. The van der Waals surface area contributed by atoms with Crippen LogP contribution in [0.15, 0.2) is 42.6 Å². The molecular weight excluding hydrogens is 388 g/mol. The standard InChI is InChI=1S/C22H25ClN4O2/c1-15(2)26-12-20(28)27(11-17-5-7-18(23)8-6-17)22(21(26)29)13-25(14-22)19-9-4-16(3)24-10-19/h4-10,15H,11-14H2,1-3H3. The first-order valence-electron chi connectivity index (χ1n) is 9.84. The number of pyridine rings is 1. The van der Waals surface area contributed by atoms with Crippen LogP contribution in [0.1, 0.15) is 25.1 Å². The van der Waals surface area contributed by atoms with Gasteiger partial charge in [-0.1, -0.05) is 23.7 Å². The molecule has 0 atom stereocenters. The summed E-state index contributed by atoms with van der Waals surface area (Å²) in [4.78, 5) is 36.5. The maximum atomic E-state index is 13.5. The number of carbonyl (C=O) groups excluding carboxylic acids is 2. The van der Waals surface area contributed by atoms with E-state index >= 15 is 0 Å². The number of hydrogen-bond acceptors (Lipinski definition) is 4. The Labute approximate surface area is 176 Å². The van der Waals surface area contributed by atoms with Gasteiger partial charge in [0.15, 0.2) is 5.54 Å². The molecule has 1 aromatic carbocycles. The van der Waals surface area contributed by atoms with Gasteiger partial charge in [-0.3, -0.25) is 14.6 Å². The van der Waals surface area contributed by atoms with Crippen LogP contribution in [-0.4, -0.2) is 57.8 Å². The first-order valence-corrected chi connectivity index (χ1v) is 10.2. The predicted molar refractivity (Wildman–Crippen MR) is 113 cm³/mol. The number of piperazine rings is 1. The molecule has 0 N–H and O–H groups in total. The number of nitrogens with zero attached hydrogens (tertiary/aromatic N) is 4. The van der Waals surface area contributed by atoms with E-state index in [0.29, 0.717) is 24.7 Å². The molecule has 2 saturated heterocycles. The van der Waals surface area contributed by atoms with Crippen molar-refractivity contribution >= 4 is 29.1 Å². The highest BCUT2D eigenvalue weighted by Gasteiger charge is 2.59. The van der Waals surface area contributed by atoms with Crippen molar-refractivity contribution in [1.29, 1.82) is 0 Å². The van der Waals surface area contributed by atoms with Gasteiger partial charge in [-0.2, -0.15) is 0 Å². The highest BCUT2D eigenvalue weighted by Crippen LogP contribution is 2.38. The lowest BCUT2D eigenvalue weighted by Gasteiger charge is -2.59. The molecule has 2 aromatic rings. The second-order valence-electron chi connectivity index (χ2n) is 8.18. The number of aromatic nitrogens is 1. The van der Waals surface area contributed by atoms with Gasteiger partial charge in [0.05, 0.1) is 25.0 Å². The summed E-state index contributed by atoms with van der Waals surface area (Å²) in [6.45, 7) is 7.31. The molecule has 0 bridgehead atoms. The third kappa shape index (κ3) is 3.46. The first kappa shape index (κ1) is 19.7. The monoisotopic (exact) mass is 412 g/mol. The van der Waals surface area contributed by atoms with E-state index in [2.05, 4.69) is 9.88 Å². The van der Waals surface area contributed by atoms with Gasteiger partial charge in [0.2, 0.25) is 5.91 Å². The second kappa shape index (κ2) is 7.34. The number of carbonyl (C=O) groups is 2. The molecule has 0 saturated carbocycles. The molecule has 1 spiro atoms. The average Bonchev–Trinajstić information content (AvgIpc) is 2.65. The zero-order chi connectivity index (χ0) is 20.8. The number of hydrogen-bond donors (Lipinski definition) is 0. The van der Waals surface area contributed by atoms with E-state index in [1.807, 2.05) is 63.4 Å². The molecule has 2 fully saturated rings. The SMILES string of the molecule is Cc1ccc(N2CC3(C2)C(=O)N(C(C)C)CC(=O)N3Cc2ccc(Cl)cc2)cn1. The molecule has 2 amide bonds. The highest BCUT2D eigenvalue weighted by molar-refractivity contribution is 6.30. The van der Waals surface area contributed by atoms with Crippen LogP contribution in [0, 0.1) is 6.92 Å². The molecule has 2 aliphatic heterocycles. The molecule has 0 aliphatic carbocycles. The Morgan fingerprint density at radius 2 is 1.79 bits per heavy atom. The number of halogens is 1. The number of amides is 2. The third-order valence-corrected chi connectivity index (χ3v) is 6.08. The molecule has 152 valence electrons. The van der Waals surface area contributed by atoms with E-state index in [4.69, 9.17) is 11.6 Å². The molecule has 7 heteroatoms. The summed E-state index contributed by atoms with van der Waals surface area (Å²) < 4.78 is 0. The fourth-order valence-corrected chi connectivity index (χ4v) is 4.20. The molecule has 2 aliphatic rings. The molecule has 29 heavy (non-hydrogen) atoms. The van der Waals surface area contributed by atoms with Crippen molar-refractivity contribution in [1.82, 2.24) is 14.8 Å². The van der Waals surface area contributed by atoms with Crippen molar-refractivity contribution in [2.45, 2.75) is 38.9 Å². The van der Waals surface area contributed by atoms with Crippen LogP contribution in [0.2, 0.25) is 5.02 Å². The van der Waals surface area contributed by atoms with Crippen molar-refractivity contribution in [2.75, 3.05) is 24.5 Å². The van der Waals surface area contributed by atoms with E-state index in [1.54, 1.807) is 9.80 Å². The van der Waals surface area contributed by atoms with Crippen molar-refractivity contribution < 1.29 is 9.59 Å². The Kier molecular flexibility index (Phi) is 4.99. The Hall–Kier alpha value is -2.60. The van der Waals surface area contributed by atoms with Crippen LogP contribution in [0.5, 0.6) is 0 Å². The summed E-state index contributed by atoms with van der Waals surface area (Å²) >= 11 is 6.00. The van der Waals surface area contributed by atoms with E-state index in [1.165, 1.54) is 0 Å². The van der Waals surface area contributed by atoms with Crippen LogP contribution >= 0.6 is 11.6 Å². The summed E-state index contributed by atoms with van der Waals surface area (Å²) in [5.41, 5.74) is 2.03. The molecular formula is C22H25ClN4O2. The fourth-order valence-electron chi connectivity index (χ4n) is 4.07. The van der Waals surface area contributed by atoms with E-state index in [0.717, 1.165) is 16.9 Å². The van der Waals surface area contributed by atoms with Gasteiger partial charge < -0.3 is 14.7 Å². The zero-order valence-corrected chi connectivity index (χ0v) is 17.7. The zero-order valence-electron chi connectivity index (χ0n) is 16.9. The lowest BCUT2D eigenvalue weighted by Crippen LogP contribution is -2.81. The van der Waals surface area contributed by atoms with Gasteiger partial charge in [-0.15, -0.1) is 0 Å². The number of benzene rings is 1. The summed E-state index contributed by atoms with van der Waals surface area (Å²) in [5.74, 6) is 0.00677.